The summed E-state index contributed by atoms with van der Waals surface area (Å²) in [5.41, 5.74) is 4.86. The van der Waals surface area contributed by atoms with Gasteiger partial charge in [-0.25, -0.2) is 0 Å². The van der Waals surface area contributed by atoms with E-state index in [-0.39, 0.29) is 15.3 Å². The molecule has 74 valence electrons. The highest BCUT2D eigenvalue weighted by Crippen LogP contribution is 2.22. The van der Waals surface area contributed by atoms with Crippen molar-refractivity contribution in [1.82, 2.24) is 5.43 Å². The molecule has 0 atom stereocenters. The average molecular weight is 307 g/mol. The van der Waals surface area contributed by atoms with E-state index in [9.17, 15) is 14.9 Å². The van der Waals surface area contributed by atoms with Gasteiger partial charge < -0.3 is 0 Å². The summed E-state index contributed by atoms with van der Waals surface area (Å²) in [7, 11) is 0. The number of nitrogens with zero attached hydrogens (tertiary/aromatic N) is 1. The second kappa shape index (κ2) is 4.74. The van der Waals surface area contributed by atoms with Gasteiger partial charge in [0.1, 0.15) is 5.69 Å². The van der Waals surface area contributed by atoms with Crippen molar-refractivity contribution in [3.8, 4) is 0 Å². The van der Waals surface area contributed by atoms with Crippen LogP contribution in [0.15, 0.2) is 24.3 Å². The molecular formula is C7H6IN3O3. The van der Waals surface area contributed by atoms with Gasteiger partial charge >= 0.3 is 0 Å². The molecular weight excluding hydrogens is 301 g/mol. The molecule has 7 heteroatoms. The topological polar surface area (TPSA) is 84.3 Å². The van der Waals surface area contributed by atoms with Crippen LogP contribution in [0.5, 0.6) is 0 Å². The molecule has 6 nitrogen and oxygen atoms in total. The molecule has 1 aromatic rings. The van der Waals surface area contributed by atoms with E-state index in [0.717, 1.165) is 0 Å². The molecule has 1 aromatic carbocycles. The van der Waals surface area contributed by atoms with E-state index in [4.69, 9.17) is 0 Å². The number of benzene rings is 1. The Morgan fingerprint density at radius 2 is 2.07 bits per heavy atom. The van der Waals surface area contributed by atoms with E-state index in [1.807, 2.05) is 0 Å². The van der Waals surface area contributed by atoms with Crippen LogP contribution >= 0.6 is 22.6 Å². The van der Waals surface area contributed by atoms with Crippen LogP contribution < -0.4 is 10.9 Å². The molecule has 0 aliphatic rings. The molecule has 0 saturated heterocycles. The minimum Gasteiger partial charge on any atom is -0.292 e. The number of carbonyl (C=O) groups excluding carboxylic acids is 1. The summed E-state index contributed by atoms with van der Waals surface area (Å²) in [6, 6.07) is 6.04. The average Bonchev–Trinajstić information content (AvgIpc) is 2.15. The summed E-state index contributed by atoms with van der Waals surface area (Å²) < 4.78 is -0.347. The molecule has 0 heterocycles. The van der Waals surface area contributed by atoms with Crippen LogP contribution in [-0.2, 0) is 0 Å². The van der Waals surface area contributed by atoms with Gasteiger partial charge in [0.05, 0.1) is 4.92 Å². The first-order valence-electron chi connectivity index (χ1n) is 3.56. The summed E-state index contributed by atoms with van der Waals surface area (Å²) in [5, 5.41) is 10.5. The van der Waals surface area contributed by atoms with Crippen LogP contribution in [0.1, 0.15) is 0 Å². The summed E-state index contributed by atoms with van der Waals surface area (Å²) in [6.07, 6.45) is 0. The number of anilines is 1. The maximum atomic E-state index is 10.5. The van der Waals surface area contributed by atoms with Crippen molar-refractivity contribution in [2.24, 2.45) is 0 Å². The van der Waals surface area contributed by atoms with Gasteiger partial charge in [0.25, 0.3) is 9.60 Å². The lowest BCUT2D eigenvalue weighted by Crippen LogP contribution is -2.23. The first-order chi connectivity index (χ1) is 6.61. The van der Waals surface area contributed by atoms with Crippen molar-refractivity contribution in [1.29, 1.82) is 0 Å². The first kappa shape index (κ1) is 10.7. The molecule has 0 fully saturated rings. The number of amides is 1. The molecule has 0 aliphatic carbocycles. The Bertz CT molecular complexity index is 369. The van der Waals surface area contributed by atoms with Crippen LogP contribution in [0.25, 0.3) is 0 Å². The van der Waals surface area contributed by atoms with Gasteiger partial charge in [0, 0.05) is 28.7 Å². The molecule has 1 rings (SSSR count). The zero-order valence-electron chi connectivity index (χ0n) is 6.86. The molecule has 0 radical (unpaired) electrons. The van der Waals surface area contributed by atoms with Crippen LogP contribution in [0.3, 0.4) is 0 Å². The second-order valence-corrected chi connectivity index (χ2v) is 3.28. The number of nitrogens with one attached hydrogen (secondary N) is 2. The fraction of sp³-hybridized carbons (Fsp3) is 0. The third-order valence-electron chi connectivity index (χ3n) is 1.40. The third kappa shape index (κ3) is 2.83. The van der Waals surface area contributed by atoms with Crippen LogP contribution in [0.2, 0.25) is 0 Å². The van der Waals surface area contributed by atoms with Crippen molar-refractivity contribution in [3.63, 3.8) is 0 Å². The minimum absolute atomic E-state index is 0.0855. The molecule has 0 aliphatic heterocycles. The largest absolute Gasteiger partial charge is 0.298 e. The van der Waals surface area contributed by atoms with E-state index in [1.54, 1.807) is 12.1 Å². The molecule has 2 N–H and O–H groups in total. The highest BCUT2D eigenvalue weighted by molar-refractivity contribution is 14.1. The summed E-state index contributed by atoms with van der Waals surface area (Å²) in [4.78, 5) is 20.5. The lowest BCUT2D eigenvalue weighted by molar-refractivity contribution is -0.384. The molecule has 1 amide bonds. The van der Waals surface area contributed by atoms with E-state index in [0.29, 0.717) is 0 Å². The van der Waals surface area contributed by atoms with Gasteiger partial charge in [-0.15, -0.1) is 0 Å². The van der Waals surface area contributed by atoms with Gasteiger partial charge in [-0.1, -0.05) is 12.1 Å². The third-order valence-corrected chi connectivity index (χ3v) is 1.67. The number of carbonyl (C=O) groups is 1. The number of rotatable bonds is 3. The Balaban J connectivity index is 2.84. The first-order valence-corrected chi connectivity index (χ1v) is 4.64. The number of nitro benzene ring substituents is 1. The van der Waals surface area contributed by atoms with Crippen molar-refractivity contribution in [3.05, 3.63) is 34.4 Å². The van der Waals surface area contributed by atoms with Crippen molar-refractivity contribution < 1.29 is 9.72 Å². The summed E-state index contributed by atoms with van der Waals surface area (Å²) in [5.74, 6) is 0. The van der Waals surface area contributed by atoms with Gasteiger partial charge in [0.2, 0.25) is 0 Å². The highest BCUT2D eigenvalue weighted by Gasteiger charge is 2.11. The van der Waals surface area contributed by atoms with E-state index < -0.39 is 4.92 Å². The maximum absolute atomic E-state index is 10.5. The van der Waals surface area contributed by atoms with Gasteiger partial charge in [0.15, 0.2) is 0 Å². The van der Waals surface area contributed by atoms with Gasteiger partial charge in [-0.2, -0.15) is 0 Å². The Hall–Kier alpha value is -1.38. The predicted octanol–water partition coefficient (Wildman–Crippen LogP) is 2.07. The molecule has 0 spiro atoms. The zero-order chi connectivity index (χ0) is 10.6. The molecule has 0 saturated carbocycles. The number of hydrogen-bond acceptors (Lipinski definition) is 4. The van der Waals surface area contributed by atoms with Gasteiger partial charge in [-0.3, -0.25) is 25.8 Å². The fourth-order valence-corrected chi connectivity index (χ4v) is 0.990. The SMILES string of the molecule is O=C(I)NNc1ccccc1[N+](=O)[O-]. The lowest BCUT2D eigenvalue weighted by Gasteiger charge is -2.05. The predicted molar refractivity (Wildman–Crippen MR) is 59.3 cm³/mol. The quantitative estimate of drug-likeness (QED) is 0.294. The number of nitro groups is 1. The zero-order valence-corrected chi connectivity index (χ0v) is 9.02. The van der Waals surface area contributed by atoms with Crippen LogP contribution in [-0.4, -0.2) is 8.84 Å². The smallest absolute Gasteiger partial charge is 0.292 e. The van der Waals surface area contributed by atoms with Gasteiger partial charge in [-0.05, 0) is 6.07 Å². The standard InChI is InChI=1S/C7H6IN3O3/c8-7(12)10-9-5-3-1-2-4-6(5)11(13)14/h1-4,9H,(H,10,12). The Kier molecular flexibility index (Phi) is 3.63. The number of hydrogen-bond donors (Lipinski definition) is 2. The summed E-state index contributed by atoms with van der Waals surface area (Å²) in [6.45, 7) is 0. The number of para-hydroxylation sites is 2. The Morgan fingerprint density at radius 1 is 1.43 bits per heavy atom. The number of halogens is 1. The molecule has 0 aromatic heterocycles. The van der Waals surface area contributed by atoms with Crippen molar-refractivity contribution in [2.45, 2.75) is 0 Å². The molecule has 0 bridgehead atoms. The molecule has 14 heavy (non-hydrogen) atoms. The lowest BCUT2D eigenvalue weighted by atomic mass is 10.3. The minimum atomic E-state index is -0.526. The van der Waals surface area contributed by atoms with Crippen LogP contribution in [0, 0.1) is 10.1 Å². The normalized spacial score (nSPS) is 9.21. The Labute approximate surface area is 92.9 Å². The van der Waals surface area contributed by atoms with E-state index in [2.05, 4.69) is 10.9 Å². The molecule has 0 unspecified atom stereocenters. The maximum Gasteiger partial charge on any atom is 0.298 e. The Morgan fingerprint density at radius 3 is 2.64 bits per heavy atom. The van der Waals surface area contributed by atoms with Crippen LogP contribution in [0.4, 0.5) is 16.2 Å². The number of hydrazine groups is 1. The highest BCUT2D eigenvalue weighted by atomic mass is 127. The fourth-order valence-electron chi connectivity index (χ4n) is 0.855. The van der Waals surface area contributed by atoms with E-state index in [1.165, 1.54) is 34.7 Å². The summed E-state index contributed by atoms with van der Waals surface area (Å²) >= 11 is 1.52. The second-order valence-electron chi connectivity index (χ2n) is 2.30. The van der Waals surface area contributed by atoms with E-state index >= 15 is 0 Å². The van der Waals surface area contributed by atoms with Crippen molar-refractivity contribution >= 4 is 37.9 Å². The monoisotopic (exact) mass is 307 g/mol. The van der Waals surface area contributed by atoms with Crippen molar-refractivity contribution in [2.75, 3.05) is 5.43 Å².